The van der Waals surface area contributed by atoms with Crippen molar-refractivity contribution in [2.75, 3.05) is 18.4 Å². The van der Waals surface area contributed by atoms with Gasteiger partial charge in [-0.3, -0.25) is 0 Å². The molecule has 0 heterocycles. The first-order valence-electron chi connectivity index (χ1n) is 7.26. The predicted octanol–water partition coefficient (Wildman–Crippen LogP) is 3.44. The number of carbonyl (C=O) groups excluding carboxylic acids is 2. The van der Waals surface area contributed by atoms with E-state index in [0.29, 0.717) is 18.4 Å². The molecule has 22 heavy (non-hydrogen) atoms. The molecule has 0 aliphatic carbocycles. The lowest BCUT2D eigenvalue weighted by Gasteiger charge is -2.29. The van der Waals surface area contributed by atoms with E-state index in [2.05, 4.69) is 26.6 Å². The zero-order valence-corrected chi connectivity index (χ0v) is 16.2. The van der Waals surface area contributed by atoms with Crippen molar-refractivity contribution in [1.29, 1.82) is 0 Å². The molecule has 0 spiro atoms. The zero-order chi connectivity index (χ0) is 17.6. The molecule has 0 saturated carbocycles. The number of alkyl carbamates (subject to hydrolysis) is 2. The number of alkyl halides is 1. The molecule has 0 unspecified atom stereocenters. The molecule has 6 nitrogen and oxygen atoms in total. The third-order valence-corrected chi connectivity index (χ3v) is 3.79. The van der Waals surface area contributed by atoms with Crippen LogP contribution in [0, 0.1) is 5.41 Å². The molecule has 7 heteroatoms. The molecule has 0 bridgehead atoms. The first-order chi connectivity index (χ1) is 9.76. The average Bonchev–Trinajstić information content (AvgIpc) is 2.30. The Bertz CT molecular complexity index is 354. The van der Waals surface area contributed by atoms with Crippen molar-refractivity contribution < 1.29 is 19.1 Å². The number of hydrogen-bond acceptors (Lipinski definition) is 4. The Kier molecular flexibility index (Phi) is 7.68. The Labute approximate surface area is 141 Å². The predicted molar refractivity (Wildman–Crippen MR) is 90.4 cm³/mol. The zero-order valence-electron chi connectivity index (χ0n) is 14.6. The van der Waals surface area contributed by atoms with Gasteiger partial charge in [-0.2, -0.15) is 0 Å². The number of amides is 2. The molecule has 0 aromatic heterocycles. The summed E-state index contributed by atoms with van der Waals surface area (Å²) in [6.45, 7) is 13.5. The third-order valence-electron chi connectivity index (χ3n) is 2.44. The molecule has 0 aliphatic heterocycles. The van der Waals surface area contributed by atoms with Gasteiger partial charge in [-0.25, -0.2) is 9.59 Å². The van der Waals surface area contributed by atoms with Crippen molar-refractivity contribution in [1.82, 2.24) is 10.6 Å². The van der Waals surface area contributed by atoms with E-state index in [4.69, 9.17) is 9.47 Å². The summed E-state index contributed by atoms with van der Waals surface area (Å²) >= 11 is 3.41. The van der Waals surface area contributed by atoms with Gasteiger partial charge in [0.1, 0.15) is 11.2 Å². The highest BCUT2D eigenvalue weighted by atomic mass is 79.9. The highest BCUT2D eigenvalue weighted by molar-refractivity contribution is 9.09. The van der Waals surface area contributed by atoms with Gasteiger partial charge < -0.3 is 20.1 Å². The molecule has 2 amide bonds. The second-order valence-corrected chi connectivity index (χ2v) is 8.22. The largest absolute Gasteiger partial charge is 0.444 e. The number of nitrogens with one attached hydrogen (secondary N) is 2. The summed E-state index contributed by atoms with van der Waals surface area (Å²) in [4.78, 5) is 23.4. The van der Waals surface area contributed by atoms with Crippen molar-refractivity contribution in [2.24, 2.45) is 5.41 Å². The molecule has 0 radical (unpaired) electrons. The normalized spacial score (nSPS) is 12.5. The van der Waals surface area contributed by atoms with Gasteiger partial charge in [0.25, 0.3) is 0 Å². The number of rotatable bonds is 5. The van der Waals surface area contributed by atoms with Crippen molar-refractivity contribution in [3.05, 3.63) is 0 Å². The standard InChI is InChI=1S/C15H29BrN2O4/c1-13(2,3)21-11(19)17-9-15(7,8-16)10-18-12(20)22-14(4,5)6/h8-10H2,1-7H3,(H,17,19)(H,18,20). The second-order valence-electron chi connectivity index (χ2n) is 7.66. The fraction of sp³-hybridized carbons (Fsp3) is 0.867. The molecule has 0 rings (SSSR count). The van der Waals surface area contributed by atoms with Gasteiger partial charge in [0, 0.05) is 23.8 Å². The first-order valence-corrected chi connectivity index (χ1v) is 8.38. The topological polar surface area (TPSA) is 76.7 Å². The van der Waals surface area contributed by atoms with Crippen LogP contribution in [0.25, 0.3) is 0 Å². The number of ether oxygens (including phenoxy) is 2. The van der Waals surface area contributed by atoms with E-state index in [1.807, 2.05) is 6.92 Å². The van der Waals surface area contributed by atoms with E-state index in [9.17, 15) is 9.59 Å². The smallest absolute Gasteiger partial charge is 0.407 e. The van der Waals surface area contributed by atoms with E-state index in [1.165, 1.54) is 0 Å². The van der Waals surface area contributed by atoms with E-state index in [-0.39, 0.29) is 5.41 Å². The minimum Gasteiger partial charge on any atom is -0.444 e. The summed E-state index contributed by atoms with van der Waals surface area (Å²) in [6, 6.07) is 0. The molecule has 0 aromatic carbocycles. The van der Waals surface area contributed by atoms with Gasteiger partial charge in [-0.05, 0) is 41.5 Å². The van der Waals surface area contributed by atoms with Crippen LogP contribution in [0.3, 0.4) is 0 Å². The lowest BCUT2D eigenvalue weighted by molar-refractivity contribution is 0.0487. The first kappa shape index (κ1) is 21.0. The Morgan fingerprint density at radius 1 is 0.818 bits per heavy atom. The summed E-state index contributed by atoms with van der Waals surface area (Å²) in [5, 5.41) is 6.04. The number of hydrogen-bond donors (Lipinski definition) is 2. The Morgan fingerprint density at radius 3 is 1.36 bits per heavy atom. The molecular formula is C15H29BrN2O4. The molecular weight excluding hydrogens is 352 g/mol. The van der Waals surface area contributed by atoms with Crippen molar-refractivity contribution in [3.63, 3.8) is 0 Å². The van der Waals surface area contributed by atoms with Crippen molar-refractivity contribution >= 4 is 28.1 Å². The molecule has 0 aromatic rings. The summed E-state index contributed by atoms with van der Waals surface area (Å²) in [5.41, 5.74) is -1.43. The summed E-state index contributed by atoms with van der Waals surface area (Å²) < 4.78 is 10.4. The van der Waals surface area contributed by atoms with Crippen molar-refractivity contribution in [3.8, 4) is 0 Å². The van der Waals surface area contributed by atoms with Crippen LogP contribution in [0.2, 0.25) is 0 Å². The molecule has 0 fully saturated rings. The van der Waals surface area contributed by atoms with Gasteiger partial charge in [0.05, 0.1) is 0 Å². The fourth-order valence-corrected chi connectivity index (χ4v) is 1.75. The molecule has 0 saturated heterocycles. The Hall–Kier alpha value is -0.980. The van der Waals surface area contributed by atoms with Crippen LogP contribution >= 0.6 is 15.9 Å². The number of halogens is 1. The minimum atomic E-state index is -0.538. The van der Waals surface area contributed by atoms with Crippen LogP contribution in [0.5, 0.6) is 0 Å². The lowest BCUT2D eigenvalue weighted by atomic mass is 9.93. The highest BCUT2D eigenvalue weighted by Gasteiger charge is 2.27. The maximum Gasteiger partial charge on any atom is 0.407 e. The van der Waals surface area contributed by atoms with Gasteiger partial charge >= 0.3 is 12.2 Å². The van der Waals surface area contributed by atoms with Crippen LogP contribution in [-0.2, 0) is 9.47 Å². The van der Waals surface area contributed by atoms with Crippen molar-refractivity contribution in [2.45, 2.75) is 59.7 Å². The molecule has 0 aliphatic rings. The van der Waals surface area contributed by atoms with Gasteiger partial charge in [-0.1, -0.05) is 22.9 Å². The van der Waals surface area contributed by atoms with E-state index >= 15 is 0 Å². The van der Waals surface area contributed by atoms with E-state index in [1.54, 1.807) is 41.5 Å². The van der Waals surface area contributed by atoms with Crippen LogP contribution < -0.4 is 10.6 Å². The van der Waals surface area contributed by atoms with Crippen LogP contribution in [0.4, 0.5) is 9.59 Å². The summed E-state index contributed by atoms with van der Waals surface area (Å²) in [7, 11) is 0. The van der Waals surface area contributed by atoms with Gasteiger partial charge in [-0.15, -0.1) is 0 Å². The fourth-order valence-electron chi connectivity index (χ4n) is 1.36. The van der Waals surface area contributed by atoms with Gasteiger partial charge in [0.2, 0.25) is 0 Å². The second kappa shape index (κ2) is 8.04. The Morgan fingerprint density at radius 2 is 1.14 bits per heavy atom. The monoisotopic (exact) mass is 380 g/mol. The molecule has 2 N–H and O–H groups in total. The number of carbonyl (C=O) groups is 2. The lowest BCUT2D eigenvalue weighted by Crippen LogP contribution is -2.46. The molecule has 0 atom stereocenters. The van der Waals surface area contributed by atoms with Crippen LogP contribution in [-0.4, -0.2) is 41.8 Å². The van der Waals surface area contributed by atoms with E-state index in [0.717, 1.165) is 0 Å². The maximum atomic E-state index is 11.7. The third kappa shape index (κ3) is 10.7. The van der Waals surface area contributed by atoms with E-state index < -0.39 is 23.4 Å². The molecule has 130 valence electrons. The minimum absolute atomic E-state index is 0.353. The summed E-state index contributed by atoms with van der Waals surface area (Å²) in [5.74, 6) is 0. The van der Waals surface area contributed by atoms with Gasteiger partial charge in [0.15, 0.2) is 0 Å². The van der Waals surface area contributed by atoms with Crippen LogP contribution in [0.15, 0.2) is 0 Å². The maximum absolute atomic E-state index is 11.7. The summed E-state index contributed by atoms with van der Waals surface area (Å²) in [6.07, 6.45) is -0.950. The quantitative estimate of drug-likeness (QED) is 0.716. The average molecular weight is 381 g/mol. The Balaban J connectivity index is 4.35. The SMILES string of the molecule is CC(CBr)(CNC(=O)OC(C)(C)C)CNC(=O)OC(C)(C)C. The highest BCUT2D eigenvalue weighted by Crippen LogP contribution is 2.18. The van der Waals surface area contributed by atoms with Crippen LogP contribution in [0.1, 0.15) is 48.5 Å².